The van der Waals surface area contributed by atoms with Gasteiger partial charge in [0, 0.05) is 19.6 Å². The lowest BCUT2D eigenvalue weighted by Gasteiger charge is -2.22. The van der Waals surface area contributed by atoms with Crippen LogP contribution in [0.25, 0.3) is 0 Å². The van der Waals surface area contributed by atoms with Gasteiger partial charge in [-0.3, -0.25) is 19.3 Å². The summed E-state index contributed by atoms with van der Waals surface area (Å²) >= 11 is 0. The fourth-order valence-electron chi connectivity index (χ4n) is 9.02. The van der Waals surface area contributed by atoms with Crippen molar-refractivity contribution in [2.45, 2.75) is 258 Å². The van der Waals surface area contributed by atoms with Crippen LogP contribution >= 0.6 is 0 Å². The third-order valence-corrected chi connectivity index (χ3v) is 13.1. The number of nitrogens with zero attached hydrogens (tertiary/aromatic N) is 2. The summed E-state index contributed by atoms with van der Waals surface area (Å²) < 4.78 is 23.8. The summed E-state index contributed by atoms with van der Waals surface area (Å²) in [5, 5.41) is 0. The maximum atomic E-state index is 13.4. The summed E-state index contributed by atoms with van der Waals surface area (Å²) in [5.41, 5.74) is 0. The van der Waals surface area contributed by atoms with E-state index >= 15 is 0 Å². The van der Waals surface area contributed by atoms with Crippen LogP contribution in [-0.2, 0) is 33.3 Å². The molecular formula is C54H104N2O7. The number of hydrogen-bond acceptors (Lipinski definition) is 9. The molecule has 0 amide bonds. The van der Waals surface area contributed by atoms with E-state index in [0.717, 1.165) is 129 Å². The summed E-state index contributed by atoms with van der Waals surface area (Å²) in [7, 11) is 4.16. The van der Waals surface area contributed by atoms with Gasteiger partial charge in [0.25, 0.3) is 0 Å². The Kier molecular flexibility index (Phi) is 40.4. The molecule has 372 valence electrons. The second-order valence-corrected chi connectivity index (χ2v) is 19.4. The Labute approximate surface area is 390 Å². The Balaban J connectivity index is 2.46. The van der Waals surface area contributed by atoms with Crippen molar-refractivity contribution in [3.63, 3.8) is 0 Å². The van der Waals surface area contributed by atoms with E-state index in [1.807, 2.05) is 0 Å². The number of carbonyl (C=O) groups is 3. The quantitative estimate of drug-likeness (QED) is 0.0336. The smallest absolute Gasteiger partial charge is 0.323 e. The van der Waals surface area contributed by atoms with Gasteiger partial charge in [-0.1, -0.05) is 169 Å². The summed E-state index contributed by atoms with van der Waals surface area (Å²) in [6.07, 6.45) is 37.6. The maximum Gasteiger partial charge on any atom is 0.323 e. The van der Waals surface area contributed by atoms with Gasteiger partial charge in [-0.05, 0) is 97.8 Å². The lowest BCUT2D eigenvalue weighted by molar-refractivity contribution is -0.150. The van der Waals surface area contributed by atoms with Crippen molar-refractivity contribution < 1.29 is 33.3 Å². The second kappa shape index (κ2) is 42.9. The number of ether oxygens (including phenoxy) is 4. The summed E-state index contributed by atoms with van der Waals surface area (Å²) in [4.78, 5) is 44.0. The molecule has 1 fully saturated rings. The largest absolute Gasteiger partial charge is 0.465 e. The normalized spacial score (nSPS) is 16.4. The van der Waals surface area contributed by atoms with E-state index in [-0.39, 0.29) is 41.9 Å². The van der Waals surface area contributed by atoms with Crippen molar-refractivity contribution in [3.05, 3.63) is 0 Å². The van der Waals surface area contributed by atoms with Crippen LogP contribution < -0.4 is 0 Å². The predicted molar refractivity (Wildman–Crippen MR) is 263 cm³/mol. The molecule has 0 spiro atoms. The van der Waals surface area contributed by atoms with E-state index < -0.39 is 0 Å². The van der Waals surface area contributed by atoms with Crippen LogP contribution in [0.4, 0.5) is 0 Å². The maximum absolute atomic E-state index is 13.4. The van der Waals surface area contributed by atoms with E-state index in [1.54, 1.807) is 0 Å². The first kappa shape index (κ1) is 59.3. The van der Waals surface area contributed by atoms with Crippen LogP contribution in [0.2, 0.25) is 0 Å². The minimum Gasteiger partial charge on any atom is -0.465 e. The highest BCUT2D eigenvalue weighted by molar-refractivity contribution is 5.76. The summed E-state index contributed by atoms with van der Waals surface area (Å²) in [6.45, 7) is 13.6. The SMILES string of the molecule is CCCCCCCCC(CCCCCC)C(=O)OCCCCCCOC(=O)[C@@H]1CC(OCCCN(C)C)CN1CCCCCCOC(=O)C(CCCCCC)CCCCCCCC. The Morgan fingerprint density at radius 1 is 0.476 bits per heavy atom. The minimum absolute atomic E-state index is 0.00596. The van der Waals surface area contributed by atoms with Crippen molar-refractivity contribution >= 4 is 17.9 Å². The number of hydrogen-bond donors (Lipinski definition) is 0. The van der Waals surface area contributed by atoms with Gasteiger partial charge >= 0.3 is 17.9 Å². The highest BCUT2D eigenvalue weighted by atomic mass is 16.5. The standard InChI is InChI=1S/C54H104N2O7/c1-7-11-15-19-21-29-38-48(36-27-17-13-9-3)52(57)61-42-32-24-23-31-41-56-47-50(60-45-35-40-55(5)6)46-51(56)54(59)63-44-34-26-25-33-43-62-53(58)49(37-28-18-14-10-4)39-30-22-20-16-12-8-2/h48-51H,7-47H2,1-6H3/t48?,49?,50?,51-/m0/s1. The van der Waals surface area contributed by atoms with Crippen molar-refractivity contribution in [2.24, 2.45) is 11.8 Å². The fraction of sp³-hybridized carbons (Fsp3) is 0.944. The van der Waals surface area contributed by atoms with E-state index in [2.05, 4.69) is 51.6 Å². The Morgan fingerprint density at radius 2 is 0.857 bits per heavy atom. The van der Waals surface area contributed by atoms with Crippen molar-refractivity contribution in [1.29, 1.82) is 0 Å². The van der Waals surface area contributed by atoms with Crippen LogP contribution in [0.5, 0.6) is 0 Å². The van der Waals surface area contributed by atoms with Crippen molar-refractivity contribution in [2.75, 3.05) is 60.2 Å². The molecule has 3 unspecified atom stereocenters. The highest BCUT2D eigenvalue weighted by Gasteiger charge is 2.38. The Bertz CT molecular complexity index is 1060. The monoisotopic (exact) mass is 893 g/mol. The molecule has 0 N–H and O–H groups in total. The van der Waals surface area contributed by atoms with Crippen LogP contribution in [0.3, 0.4) is 0 Å². The van der Waals surface area contributed by atoms with Crippen LogP contribution in [0, 0.1) is 11.8 Å². The molecule has 0 aromatic carbocycles. The van der Waals surface area contributed by atoms with Gasteiger partial charge < -0.3 is 23.8 Å². The Morgan fingerprint density at radius 3 is 1.30 bits per heavy atom. The predicted octanol–water partition coefficient (Wildman–Crippen LogP) is 13.8. The van der Waals surface area contributed by atoms with E-state index in [1.165, 1.54) is 103 Å². The molecule has 1 rings (SSSR count). The summed E-state index contributed by atoms with van der Waals surface area (Å²) in [5.74, 6) is -0.00486. The number of esters is 3. The first-order valence-electron chi connectivity index (χ1n) is 27.3. The van der Waals surface area contributed by atoms with Gasteiger partial charge in [-0.25, -0.2) is 0 Å². The summed E-state index contributed by atoms with van der Waals surface area (Å²) in [6, 6.07) is -0.267. The zero-order valence-electron chi connectivity index (χ0n) is 42.6. The molecule has 0 aliphatic carbocycles. The molecule has 1 aliphatic heterocycles. The van der Waals surface area contributed by atoms with E-state index in [4.69, 9.17) is 18.9 Å². The Hall–Kier alpha value is -1.71. The van der Waals surface area contributed by atoms with E-state index in [0.29, 0.717) is 32.8 Å². The molecule has 0 radical (unpaired) electrons. The number of carbonyl (C=O) groups excluding carboxylic acids is 3. The lowest BCUT2D eigenvalue weighted by atomic mass is 9.94. The first-order valence-corrected chi connectivity index (χ1v) is 27.3. The van der Waals surface area contributed by atoms with Gasteiger partial charge in [0.1, 0.15) is 6.04 Å². The van der Waals surface area contributed by atoms with Gasteiger partial charge in [0.2, 0.25) is 0 Å². The molecule has 4 atom stereocenters. The third-order valence-electron chi connectivity index (χ3n) is 13.1. The first-order chi connectivity index (χ1) is 30.8. The zero-order chi connectivity index (χ0) is 46.0. The zero-order valence-corrected chi connectivity index (χ0v) is 42.6. The van der Waals surface area contributed by atoms with Crippen molar-refractivity contribution in [3.8, 4) is 0 Å². The van der Waals surface area contributed by atoms with E-state index in [9.17, 15) is 14.4 Å². The third kappa shape index (κ3) is 33.4. The molecular weight excluding hydrogens is 789 g/mol. The molecule has 63 heavy (non-hydrogen) atoms. The van der Waals surface area contributed by atoms with Gasteiger partial charge in [-0.2, -0.15) is 0 Å². The second-order valence-electron chi connectivity index (χ2n) is 19.4. The highest BCUT2D eigenvalue weighted by Crippen LogP contribution is 2.25. The molecule has 9 heteroatoms. The number of likely N-dealkylation sites (tertiary alicyclic amines) is 1. The molecule has 0 aromatic rings. The molecule has 0 bridgehead atoms. The molecule has 1 heterocycles. The fourth-order valence-corrected chi connectivity index (χ4v) is 9.02. The van der Waals surface area contributed by atoms with Gasteiger partial charge in [0.05, 0.1) is 37.8 Å². The van der Waals surface area contributed by atoms with Gasteiger partial charge in [-0.15, -0.1) is 0 Å². The minimum atomic E-state index is -0.267. The van der Waals surface area contributed by atoms with Crippen molar-refractivity contribution in [1.82, 2.24) is 9.80 Å². The lowest BCUT2D eigenvalue weighted by Crippen LogP contribution is -2.38. The van der Waals surface area contributed by atoms with Crippen LogP contribution in [0.1, 0.15) is 246 Å². The molecule has 1 aliphatic rings. The average Bonchev–Trinajstić information content (AvgIpc) is 3.69. The molecule has 0 aromatic heterocycles. The van der Waals surface area contributed by atoms with Crippen LogP contribution in [-0.4, -0.2) is 100 Å². The molecule has 1 saturated heterocycles. The topological polar surface area (TPSA) is 94.6 Å². The van der Waals surface area contributed by atoms with Gasteiger partial charge in [0.15, 0.2) is 0 Å². The number of rotatable bonds is 46. The molecule has 0 saturated carbocycles. The van der Waals surface area contributed by atoms with Crippen LogP contribution in [0.15, 0.2) is 0 Å². The average molecular weight is 893 g/mol. The number of unbranched alkanes of at least 4 members (excludes halogenated alkanes) is 22. The molecule has 9 nitrogen and oxygen atoms in total.